The summed E-state index contributed by atoms with van der Waals surface area (Å²) in [6.07, 6.45) is 0. The average molecular weight is 311 g/mol. The Kier molecular flexibility index (Phi) is 4.40. The Morgan fingerprint density at radius 2 is 2.10 bits per heavy atom. The van der Waals surface area contributed by atoms with E-state index in [0.29, 0.717) is 5.56 Å². The summed E-state index contributed by atoms with van der Waals surface area (Å²) in [6, 6.07) is 7.46. The van der Waals surface area contributed by atoms with Crippen molar-refractivity contribution in [3.63, 3.8) is 0 Å². The zero-order valence-corrected chi connectivity index (χ0v) is 11.8. The smallest absolute Gasteiger partial charge is 0.313 e. The summed E-state index contributed by atoms with van der Waals surface area (Å²) in [7, 11) is 0. The Hall–Kier alpha value is -2.18. The summed E-state index contributed by atoms with van der Waals surface area (Å²) in [4.78, 5) is 10.4. The summed E-state index contributed by atoms with van der Waals surface area (Å²) in [5.41, 5.74) is 5.88. The zero-order valence-electron chi connectivity index (χ0n) is 11.0. The molecule has 21 heavy (non-hydrogen) atoms. The fourth-order valence-corrected chi connectivity index (χ4v) is 2.03. The fraction of sp³-hybridized carbons (Fsp3) is 0.143. The minimum atomic E-state index is -0.601. The van der Waals surface area contributed by atoms with E-state index in [1.54, 1.807) is 6.92 Å². The third kappa shape index (κ3) is 3.29. The molecule has 2 aromatic rings. The van der Waals surface area contributed by atoms with Crippen molar-refractivity contribution in [2.75, 3.05) is 0 Å². The van der Waals surface area contributed by atoms with Gasteiger partial charge in [-0.05, 0) is 31.2 Å². The molecule has 0 fully saturated rings. The van der Waals surface area contributed by atoms with Crippen molar-refractivity contribution in [1.29, 1.82) is 0 Å². The van der Waals surface area contributed by atoms with Crippen molar-refractivity contribution in [2.24, 2.45) is 5.73 Å². The van der Waals surface area contributed by atoms with E-state index >= 15 is 0 Å². The highest BCUT2D eigenvalue weighted by Gasteiger charge is 2.21. The second-order valence-electron chi connectivity index (χ2n) is 4.42. The second kappa shape index (κ2) is 6.07. The van der Waals surface area contributed by atoms with Crippen molar-refractivity contribution in [3.05, 3.63) is 62.9 Å². The van der Waals surface area contributed by atoms with E-state index in [1.165, 1.54) is 36.4 Å². The molecule has 0 aliphatic rings. The first kappa shape index (κ1) is 15.2. The summed E-state index contributed by atoms with van der Waals surface area (Å²) in [5.74, 6) is -0.344. The molecule has 1 atom stereocenters. The lowest BCUT2D eigenvalue weighted by Crippen LogP contribution is -2.07. The number of nitrogens with zero attached hydrogens (tertiary/aromatic N) is 1. The zero-order chi connectivity index (χ0) is 15.6. The van der Waals surface area contributed by atoms with Crippen molar-refractivity contribution in [1.82, 2.24) is 0 Å². The Labute approximate surface area is 125 Å². The quantitative estimate of drug-likeness (QED) is 0.678. The molecule has 0 saturated carbocycles. The first-order valence-corrected chi connectivity index (χ1v) is 6.43. The van der Waals surface area contributed by atoms with Crippen LogP contribution in [0.1, 0.15) is 18.5 Å². The number of nitro benzene ring substituents is 1. The van der Waals surface area contributed by atoms with Gasteiger partial charge in [0.05, 0.1) is 9.95 Å². The molecule has 0 aromatic heterocycles. The molecule has 0 aliphatic carbocycles. The van der Waals surface area contributed by atoms with Crippen LogP contribution in [0.4, 0.5) is 10.1 Å². The van der Waals surface area contributed by atoms with Gasteiger partial charge >= 0.3 is 5.69 Å². The number of hydrogen-bond donors (Lipinski definition) is 1. The van der Waals surface area contributed by atoms with Crippen LogP contribution in [0.2, 0.25) is 5.02 Å². The van der Waals surface area contributed by atoms with Gasteiger partial charge < -0.3 is 10.5 Å². The molecule has 1 unspecified atom stereocenters. The van der Waals surface area contributed by atoms with Gasteiger partial charge in [-0.1, -0.05) is 17.7 Å². The first-order chi connectivity index (χ1) is 9.90. The number of halogens is 2. The lowest BCUT2D eigenvalue weighted by atomic mass is 10.1. The largest absolute Gasteiger partial charge is 0.448 e. The minimum Gasteiger partial charge on any atom is -0.448 e. The van der Waals surface area contributed by atoms with Crippen LogP contribution < -0.4 is 10.5 Å². The van der Waals surface area contributed by atoms with Crippen LogP contribution in [-0.4, -0.2) is 4.92 Å². The van der Waals surface area contributed by atoms with E-state index in [2.05, 4.69) is 0 Å². The fourth-order valence-electron chi connectivity index (χ4n) is 1.82. The molecule has 5 nitrogen and oxygen atoms in total. The Bertz CT molecular complexity index is 692. The van der Waals surface area contributed by atoms with E-state index in [4.69, 9.17) is 22.1 Å². The van der Waals surface area contributed by atoms with Gasteiger partial charge in [-0.2, -0.15) is 0 Å². The van der Waals surface area contributed by atoms with Crippen LogP contribution in [0.25, 0.3) is 0 Å². The maximum Gasteiger partial charge on any atom is 0.313 e. The van der Waals surface area contributed by atoms with E-state index in [1.807, 2.05) is 0 Å². The van der Waals surface area contributed by atoms with Crippen LogP contribution >= 0.6 is 11.6 Å². The minimum absolute atomic E-state index is 0.0872. The number of ether oxygens (including phenoxy) is 1. The predicted molar refractivity (Wildman–Crippen MR) is 77.2 cm³/mol. The average Bonchev–Trinajstić information content (AvgIpc) is 2.42. The van der Waals surface area contributed by atoms with Crippen LogP contribution in [0.3, 0.4) is 0 Å². The molecule has 2 rings (SSSR count). The molecule has 110 valence electrons. The molecule has 0 bridgehead atoms. The SMILES string of the molecule is CC(N)c1cc(F)ccc1Oc1c(Cl)cccc1[N+](=O)[O-]. The van der Waals surface area contributed by atoms with Gasteiger partial charge in [0.1, 0.15) is 11.6 Å². The highest BCUT2D eigenvalue weighted by molar-refractivity contribution is 6.32. The Morgan fingerprint density at radius 1 is 1.38 bits per heavy atom. The van der Waals surface area contributed by atoms with Crippen LogP contribution in [0.15, 0.2) is 36.4 Å². The maximum absolute atomic E-state index is 13.3. The molecule has 0 heterocycles. The molecule has 0 aliphatic heterocycles. The molecule has 0 radical (unpaired) electrons. The molecule has 2 aromatic carbocycles. The van der Waals surface area contributed by atoms with E-state index in [-0.39, 0.29) is 22.2 Å². The van der Waals surface area contributed by atoms with Crippen molar-refractivity contribution in [2.45, 2.75) is 13.0 Å². The number of para-hydroxylation sites is 1. The van der Waals surface area contributed by atoms with Crippen molar-refractivity contribution in [3.8, 4) is 11.5 Å². The van der Waals surface area contributed by atoms with Crippen LogP contribution in [-0.2, 0) is 0 Å². The normalized spacial score (nSPS) is 12.0. The Balaban J connectivity index is 2.51. The molecule has 0 amide bonds. The lowest BCUT2D eigenvalue weighted by Gasteiger charge is -2.14. The van der Waals surface area contributed by atoms with Crippen LogP contribution in [0, 0.1) is 15.9 Å². The molecular formula is C14H12ClFN2O3. The van der Waals surface area contributed by atoms with Crippen molar-refractivity contribution < 1.29 is 14.1 Å². The number of nitro groups is 1. The third-order valence-corrected chi connectivity index (χ3v) is 3.11. The standard InChI is InChI=1S/C14H12ClFN2O3/c1-8(17)10-7-9(16)5-6-13(10)21-14-11(15)3-2-4-12(14)18(19)20/h2-8H,17H2,1H3. The van der Waals surface area contributed by atoms with E-state index in [0.717, 1.165) is 0 Å². The second-order valence-corrected chi connectivity index (χ2v) is 4.83. The molecule has 2 N–H and O–H groups in total. The predicted octanol–water partition coefficient (Wildman–Crippen LogP) is 4.20. The summed E-state index contributed by atoms with van der Waals surface area (Å²) in [6.45, 7) is 1.66. The first-order valence-electron chi connectivity index (χ1n) is 6.06. The van der Waals surface area contributed by atoms with Crippen LogP contribution in [0.5, 0.6) is 11.5 Å². The highest BCUT2D eigenvalue weighted by Crippen LogP contribution is 2.39. The van der Waals surface area contributed by atoms with Gasteiger partial charge in [-0.15, -0.1) is 0 Å². The topological polar surface area (TPSA) is 78.4 Å². The summed E-state index contributed by atoms with van der Waals surface area (Å²) in [5, 5.41) is 11.1. The van der Waals surface area contributed by atoms with Gasteiger partial charge in [-0.3, -0.25) is 10.1 Å². The van der Waals surface area contributed by atoms with Crippen molar-refractivity contribution >= 4 is 17.3 Å². The third-order valence-electron chi connectivity index (χ3n) is 2.82. The van der Waals surface area contributed by atoms with Gasteiger partial charge in [0, 0.05) is 17.7 Å². The van der Waals surface area contributed by atoms with Gasteiger partial charge in [0.25, 0.3) is 0 Å². The summed E-state index contributed by atoms with van der Waals surface area (Å²) >= 11 is 5.95. The molecule has 0 saturated heterocycles. The number of rotatable bonds is 4. The lowest BCUT2D eigenvalue weighted by molar-refractivity contribution is -0.385. The molecular weight excluding hydrogens is 299 g/mol. The highest BCUT2D eigenvalue weighted by atomic mass is 35.5. The van der Waals surface area contributed by atoms with Gasteiger partial charge in [0.15, 0.2) is 0 Å². The number of nitrogens with two attached hydrogens (primary N) is 1. The maximum atomic E-state index is 13.3. The van der Waals surface area contributed by atoms with E-state index < -0.39 is 16.8 Å². The molecule has 0 spiro atoms. The Morgan fingerprint density at radius 3 is 2.71 bits per heavy atom. The monoisotopic (exact) mass is 310 g/mol. The van der Waals surface area contributed by atoms with E-state index in [9.17, 15) is 14.5 Å². The summed E-state index contributed by atoms with van der Waals surface area (Å²) < 4.78 is 18.8. The van der Waals surface area contributed by atoms with Gasteiger partial charge in [-0.25, -0.2) is 4.39 Å². The number of benzene rings is 2. The van der Waals surface area contributed by atoms with Gasteiger partial charge in [0.2, 0.25) is 5.75 Å². The number of hydrogen-bond acceptors (Lipinski definition) is 4. The molecule has 7 heteroatoms.